The first-order valence-electron chi connectivity index (χ1n) is 8.74. The van der Waals surface area contributed by atoms with Crippen LogP contribution in [0.1, 0.15) is 43.6 Å². The smallest absolute Gasteiger partial charge is 0.337 e. The number of aliphatic hydroxyl groups is 1. The molecular formula is C20H26N2O5. The summed E-state index contributed by atoms with van der Waals surface area (Å²) in [6.45, 7) is 7.50. The Morgan fingerprint density at radius 1 is 1.30 bits per heavy atom. The molecule has 0 saturated heterocycles. The van der Waals surface area contributed by atoms with Gasteiger partial charge in [-0.15, -0.1) is 0 Å². The van der Waals surface area contributed by atoms with Gasteiger partial charge in [0, 0.05) is 17.8 Å². The molecule has 0 bridgehead atoms. The van der Waals surface area contributed by atoms with E-state index in [2.05, 4.69) is 5.32 Å². The first kappa shape index (κ1) is 20.6. The molecule has 1 amide bonds. The van der Waals surface area contributed by atoms with E-state index in [0.717, 1.165) is 5.56 Å². The number of esters is 1. The van der Waals surface area contributed by atoms with Crippen LogP contribution in [-0.2, 0) is 19.7 Å². The number of hydrogen-bond acceptors (Lipinski definition) is 6. The quantitative estimate of drug-likeness (QED) is 0.583. The zero-order valence-corrected chi connectivity index (χ0v) is 16.4. The van der Waals surface area contributed by atoms with E-state index in [-0.39, 0.29) is 48.1 Å². The van der Waals surface area contributed by atoms with E-state index in [1.165, 1.54) is 18.9 Å². The minimum absolute atomic E-state index is 0.0485. The number of benzene rings is 1. The average Bonchev–Trinajstić information content (AvgIpc) is 2.90. The fourth-order valence-corrected chi connectivity index (χ4v) is 2.98. The van der Waals surface area contributed by atoms with E-state index in [9.17, 15) is 14.4 Å². The minimum Gasteiger partial charge on any atom is -0.466 e. The molecule has 0 saturated carbocycles. The predicted molar refractivity (Wildman–Crippen MR) is 101 cm³/mol. The standard InChI is InChI=1S/C20H26N2O5/c1-12(24)13-6-7-16(15(10-13)20(2,3)4)21-17-14(19(26)27-5)11-22(8-9-23)18(17)25/h6-7,10,21,23H,8-9,11H2,1-5H3. The first-order chi connectivity index (χ1) is 12.6. The molecular weight excluding hydrogens is 348 g/mol. The molecule has 146 valence electrons. The Morgan fingerprint density at radius 3 is 2.48 bits per heavy atom. The Kier molecular flexibility index (Phi) is 6.05. The number of rotatable bonds is 6. The maximum atomic E-state index is 12.7. The van der Waals surface area contributed by atoms with Gasteiger partial charge in [-0.2, -0.15) is 0 Å². The summed E-state index contributed by atoms with van der Waals surface area (Å²) in [5.74, 6) is -1.02. The lowest BCUT2D eigenvalue weighted by molar-refractivity contribution is -0.136. The van der Waals surface area contributed by atoms with Gasteiger partial charge < -0.3 is 20.1 Å². The topological polar surface area (TPSA) is 95.9 Å². The fraction of sp³-hybridized carbons (Fsp3) is 0.450. The number of nitrogens with zero attached hydrogens (tertiary/aromatic N) is 1. The minimum atomic E-state index is -0.594. The highest BCUT2D eigenvalue weighted by Gasteiger charge is 2.35. The van der Waals surface area contributed by atoms with Gasteiger partial charge in [0.05, 0.1) is 25.8 Å². The third kappa shape index (κ3) is 4.36. The molecule has 1 aromatic rings. The number of carbonyl (C=O) groups excluding carboxylic acids is 3. The van der Waals surface area contributed by atoms with Gasteiger partial charge in [0.15, 0.2) is 5.78 Å². The number of Topliss-reactive ketones (excluding diaryl/α,β-unsaturated/α-hetero) is 1. The third-order valence-electron chi connectivity index (χ3n) is 4.45. The van der Waals surface area contributed by atoms with Gasteiger partial charge in [-0.3, -0.25) is 9.59 Å². The number of β-amino-alcohol motifs (C(OH)–C–C–N with tert-alkyl or cyclic N) is 1. The Labute approximate surface area is 159 Å². The first-order valence-corrected chi connectivity index (χ1v) is 8.74. The Morgan fingerprint density at radius 2 is 1.96 bits per heavy atom. The van der Waals surface area contributed by atoms with Crippen LogP contribution in [0.4, 0.5) is 5.69 Å². The van der Waals surface area contributed by atoms with Crippen molar-refractivity contribution in [3.05, 3.63) is 40.6 Å². The molecule has 1 aromatic carbocycles. The Bertz CT molecular complexity index is 805. The van der Waals surface area contributed by atoms with Crippen molar-refractivity contribution in [1.82, 2.24) is 4.90 Å². The van der Waals surface area contributed by atoms with E-state index in [1.807, 2.05) is 20.8 Å². The maximum Gasteiger partial charge on any atom is 0.337 e. The highest BCUT2D eigenvalue weighted by atomic mass is 16.5. The van der Waals surface area contributed by atoms with Crippen LogP contribution in [0.3, 0.4) is 0 Å². The predicted octanol–water partition coefficient (Wildman–Crippen LogP) is 1.86. The second kappa shape index (κ2) is 7.92. The fourth-order valence-electron chi connectivity index (χ4n) is 2.98. The second-order valence-corrected chi connectivity index (χ2v) is 7.49. The molecule has 0 atom stereocenters. The van der Waals surface area contributed by atoms with Crippen LogP contribution < -0.4 is 5.32 Å². The van der Waals surface area contributed by atoms with Gasteiger partial charge in [-0.1, -0.05) is 20.8 Å². The Hall–Kier alpha value is -2.67. The van der Waals surface area contributed by atoms with Crippen LogP contribution in [0.2, 0.25) is 0 Å². The third-order valence-corrected chi connectivity index (χ3v) is 4.45. The lowest BCUT2D eigenvalue weighted by Crippen LogP contribution is -2.31. The van der Waals surface area contributed by atoms with E-state index < -0.39 is 5.97 Å². The van der Waals surface area contributed by atoms with Crippen LogP contribution in [0.15, 0.2) is 29.5 Å². The van der Waals surface area contributed by atoms with E-state index >= 15 is 0 Å². The van der Waals surface area contributed by atoms with Crippen molar-refractivity contribution in [2.45, 2.75) is 33.1 Å². The summed E-state index contributed by atoms with van der Waals surface area (Å²) in [4.78, 5) is 38.0. The van der Waals surface area contributed by atoms with Crippen molar-refractivity contribution in [2.24, 2.45) is 0 Å². The van der Waals surface area contributed by atoms with Crippen LogP contribution in [0, 0.1) is 0 Å². The number of anilines is 1. The van der Waals surface area contributed by atoms with Crippen LogP contribution >= 0.6 is 0 Å². The second-order valence-electron chi connectivity index (χ2n) is 7.49. The van der Waals surface area contributed by atoms with Crippen molar-refractivity contribution < 1.29 is 24.2 Å². The van der Waals surface area contributed by atoms with E-state index in [4.69, 9.17) is 9.84 Å². The van der Waals surface area contributed by atoms with Crippen molar-refractivity contribution in [2.75, 3.05) is 32.1 Å². The van der Waals surface area contributed by atoms with Crippen molar-refractivity contribution in [3.8, 4) is 0 Å². The maximum absolute atomic E-state index is 12.7. The molecule has 0 fully saturated rings. The van der Waals surface area contributed by atoms with E-state index in [1.54, 1.807) is 18.2 Å². The highest BCUT2D eigenvalue weighted by Crippen LogP contribution is 2.33. The number of amides is 1. The normalized spacial score (nSPS) is 14.6. The number of aliphatic hydroxyl groups excluding tert-OH is 1. The molecule has 1 aliphatic rings. The van der Waals surface area contributed by atoms with Gasteiger partial charge in [0.1, 0.15) is 5.70 Å². The summed E-state index contributed by atoms with van der Waals surface area (Å²) in [6, 6.07) is 5.22. The average molecular weight is 374 g/mol. The molecule has 2 rings (SSSR count). The van der Waals surface area contributed by atoms with Gasteiger partial charge in [-0.25, -0.2) is 4.79 Å². The molecule has 1 heterocycles. The lowest BCUT2D eigenvalue weighted by atomic mass is 9.84. The summed E-state index contributed by atoms with van der Waals surface area (Å²) < 4.78 is 4.80. The number of methoxy groups -OCH3 is 1. The molecule has 0 spiro atoms. The van der Waals surface area contributed by atoms with Crippen molar-refractivity contribution in [3.63, 3.8) is 0 Å². The summed E-state index contributed by atoms with van der Waals surface area (Å²) in [6.07, 6.45) is 0. The van der Waals surface area contributed by atoms with E-state index in [0.29, 0.717) is 11.3 Å². The summed E-state index contributed by atoms with van der Waals surface area (Å²) in [5, 5.41) is 12.2. The van der Waals surface area contributed by atoms with Gasteiger partial charge >= 0.3 is 5.97 Å². The molecule has 1 aliphatic heterocycles. The van der Waals surface area contributed by atoms with Gasteiger partial charge in [0.25, 0.3) is 5.91 Å². The van der Waals surface area contributed by atoms with Crippen LogP contribution in [-0.4, -0.2) is 54.5 Å². The number of ether oxygens (including phenoxy) is 1. The van der Waals surface area contributed by atoms with Crippen molar-refractivity contribution in [1.29, 1.82) is 0 Å². The molecule has 7 heteroatoms. The number of nitrogens with one attached hydrogen (secondary N) is 1. The SMILES string of the molecule is COC(=O)C1=C(Nc2ccc(C(C)=O)cc2C(C)(C)C)C(=O)N(CCO)C1. The van der Waals surface area contributed by atoms with Crippen LogP contribution in [0.5, 0.6) is 0 Å². The molecule has 0 aliphatic carbocycles. The Balaban J connectivity index is 2.50. The molecule has 27 heavy (non-hydrogen) atoms. The molecule has 0 aromatic heterocycles. The number of ketones is 1. The van der Waals surface area contributed by atoms with Crippen molar-refractivity contribution >= 4 is 23.3 Å². The zero-order chi connectivity index (χ0) is 20.4. The largest absolute Gasteiger partial charge is 0.466 e. The summed E-state index contributed by atoms with van der Waals surface area (Å²) >= 11 is 0. The summed E-state index contributed by atoms with van der Waals surface area (Å²) in [5.41, 5.74) is 2.12. The molecule has 0 unspecified atom stereocenters. The monoisotopic (exact) mass is 374 g/mol. The van der Waals surface area contributed by atoms with Gasteiger partial charge in [0.2, 0.25) is 0 Å². The van der Waals surface area contributed by atoms with Crippen LogP contribution in [0.25, 0.3) is 0 Å². The highest BCUT2D eigenvalue weighted by molar-refractivity contribution is 6.08. The number of carbonyl (C=O) groups is 3. The lowest BCUT2D eigenvalue weighted by Gasteiger charge is -2.24. The van der Waals surface area contributed by atoms with Gasteiger partial charge in [-0.05, 0) is 36.1 Å². The molecule has 2 N–H and O–H groups in total. The number of hydrogen-bond donors (Lipinski definition) is 2. The molecule has 0 radical (unpaired) electrons. The molecule has 7 nitrogen and oxygen atoms in total. The zero-order valence-electron chi connectivity index (χ0n) is 16.4. The summed E-state index contributed by atoms with van der Waals surface area (Å²) in [7, 11) is 1.26.